The van der Waals surface area contributed by atoms with Crippen LogP contribution in [0.25, 0.3) is 44.5 Å². The van der Waals surface area contributed by atoms with Crippen LogP contribution in [0.15, 0.2) is 60.8 Å². The number of fused-ring (bicyclic) bond motifs is 2. The topological polar surface area (TPSA) is 94.3 Å². The summed E-state index contributed by atoms with van der Waals surface area (Å²) in [6.07, 6.45) is 3.76. The quantitative estimate of drug-likeness (QED) is 0.165. The summed E-state index contributed by atoms with van der Waals surface area (Å²) in [5.41, 5.74) is 8.03. The molecule has 274 valence electrons. The molecule has 5 aromatic rings. The Hall–Kier alpha value is -2.48. The van der Waals surface area contributed by atoms with Gasteiger partial charge in [-0.05, 0) is 52.7 Å². The van der Waals surface area contributed by atoms with Gasteiger partial charge < -0.3 is 50.2 Å². The molecule has 3 heterocycles. The van der Waals surface area contributed by atoms with Gasteiger partial charge in [0, 0.05) is 44.3 Å². The number of rotatable bonds is 6. The minimum absolute atomic E-state index is 0. The third kappa shape index (κ3) is 12.3. The van der Waals surface area contributed by atoms with Crippen molar-refractivity contribution in [2.75, 3.05) is 39.6 Å². The van der Waals surface area contributed by atoms with Gasteiger partial charge in [0.05, 0.1) is 43.2 Å². The Morgan fingerprint density at radius 1 is 0.686 bits per heavy atom. The standard InChI is InChI=1S/C35H39N4O4.2C2H6.2CH3.W.Y/c1-5-32-36-21-31(37-32)28-12-11-27(33-34(28)43-19-17-41-15-14-40-16-18-42-33)25-8-6-24(7-9-25)26-10-13-29-30(20-26)39-35(38-29)23(4)22(2)3;2*1-2;;;;/h5-13,20-23H,14-19H2,1-4H3,(H,36,37)(H,38,39);2*1-2H3;2*1H3;;/q-1;;;2*-1;;+3/t23-;;;;;;/m1....../s1. The smallest absolute Gasteiger partial charge is 0.487 e. The number of nitrogens with zero attached hydrogens (tertiary/aromatic N) is 2. The van der Waals surface area contributed by atoms with Gasteiger partial charge in [-0.1, -0.05) is 78.8 Å². The molecule has 0 saturated carbocycles. The van der Waals surface area contributed by atoms with E-state index in [1.165, 1.54) is 0 Å². The van der Waals surface area contributed by atoms with Gasteiger partial charge in [-0.15, -0.1) is 0 Å². The Morgan fingerprint density at radius 2 is 1.22 bits per heavy atom. The van der Waals surface area contributed by atoms with E-state index in [-0.39, 0.29) is 68.6 Å². The molecule has 1 aliphatic heterocycles. The van der Waals surface area contributed by atoms with Crippen LogP contribution in [-0.2, 0) is 63.2 Å². The van der Waals surface area contributed by atoms with Crippen molar-refractivity contribution >= 4 is 11.0 Å². The van der Waals surface area contributed by atoms with Gasteiger partial charge in [0.1, 0.15) is 19.0 Å². The van der Waals surface area contributed by atoms with Gasteiger partial charge in [0.2, 0.25) is 0 Å². The van der Waals surface area contributed by atoms with E-state index >= 15 is 0 Å². The van der Waals surface area contributed by atoms with Crippen molar-refractivity contribution in [1.82, 2.24) is 19.9 Å². The van der Waals surface area contributed by atoms with Gasteiger partial charge >= 0.3 is 32.7 Å². The Morgan fingerprint density at radius 3 is 1.78 bits per heavy atom. The Balaban J connectivity index is 0.00000302. The molecule has 0 fully saturated rings. The van der Waals surface area contributed by atoms with Gasteiger partial charge in [-0.2, -0.15) is 6.92 Å². The first-order chi connectivity index (χ1) is 23.0. The average molecular weight is 943 g/mol. The molecule has 6 rings (SSSR count). The first-order valence-electron chi connectivity index (χ1n) is 17.0. The van der Waals surface area contributed by atoms with Crippen molar-refractivity contribution in [3.05, 3.63) is 93.7 Å². The first-order valence-corrected chi connectivity index (χ1v) is 17.0. The molecular formula is C41H57N4O4WY. The zero-order chi connectivity index (χ0) is 33.8. The van der Waals surface area contributed by atoms with Crippen LogP contribution in [0.1, 0.15) is 73.0 Å². The average Bonchev–Trinajstić information content (AvgIpc) is 3.77. The summed E-state index contributed by atoms with van der Waals surface area (Å²) in [5, 5.41) is 0. The number of aromatic amines is 2. The maximum atomic E-state index is 6.40. The summed E-state index contributed by atoms with van der Waals surface area (Å²) >= 11 is 0. The maximum Gasteiger partial charge on any atom is 3.00 e. The molecule has 2 N–H and O–H groups in total. The van der Waals surface area contributed by atoms with Gasteiger partial charge in [-0.25, -0.2) is 4.98 Å². The molecule has 0 unspecified atom stereocenters. The molecule has 3 aromatic carbocycles. The maximum absolute atomic E-state index is 6.40. The van der Waals surface area contributed by atoms with Gasteiger partial charge in [-0.3, -0.25) is 4.98 Å². The summed E-state index contributed by atoms with van der Waals surface area (Å²) in [6, 6.07) is 19.1. The third-order valence-electron chi connectivity index (χ3n) is 8.05. The number of hydrogen-bond acceptors (Lipinski definition) is 6. The second-order valence-electron chi connectivity index (χ2n) is 11.2. The zero-order valence-corrected chi connectivity index (χ0v) is 38.0. The molecule has 10 heteroatoms. The Labute approximate surface area is 346 Å². The summed E-state index contributed by atoms with van der Waals surface area (Å²) < 4.78 is 24.1. The minimum atomic E-state index is 0. The number of ether oxygens (including phenoxy) is 4. The first kappa shape index (κ1) is 48.5. The fourth-order valence-corrected chi connectivity index (χ4v) is 5.22. The molecule has 0 bridgehead atoms. The van der Waals surface area contributed by atoms with Crippen LogP contribution >= 0.6 is 0 Å². The molecule has 1 aliphatic rings. The molecule has 0 saturated heterocycles. The van der Waals surface area contributed by atoms with E-state index in [9.17, 15) is 0 Å². The molecular weight excluding hydrogens is 885 g/mol. The Bertz CT molecular complexity index is 1690. The SMILES string of the molecule is CC.CC.C[CH-]c1ncc(-c2ccc(-c3ccc(-c4ccc5nc([C@H](C)C(C)C)[nH]c5c4)cc3)c3c2OCCOCCOCCO3)[nH]1.[CH3-].[CH3-].[W].[Y+3]. The molecule has 0 spiro atoms. The van der Waals surface area contributed by atoms with Crippen molar-refractivity contribution in [3.8, 4) is 45.0 Å². The molecule has 2 aromatic heterocycles. The summed E-state index contributed by atoms with van der Waals surface area (Å²) in [4.78, 5) is 16.2. The van der Waals surface area contributed by atoms with Crippen molar-refractivity contribution in [3.63, 3.8) is 0 Å². The Kier molecular flexibility index (Phi) is 23.5. The fraction of sp³-hybridized carbons (Fsp3) is 0.390. The van der Waals surface area contributed by atoms with Crippen molar-refractivity contribution < 1.29 is 72.7 Å². The summed E-state index contributed by atoms with van der Waals surface area (Å²) in [5.74, 6) is 4.06. The number of imidazole rings is 2. The molecule has 0 amide bonds. The van der Waals surface area contributed by atoms with Crippen LogP contribution in [0.5, 0.6) is 11.5 Å². The molecule has 1 atom stereocenters. The molecule has 8 nitrogen and oxygen atoms in total. The number of hydrogen-bond donors (Lipinski definition) is 2. The number of aromatic nitrogens is 4. The van der Waals surface area contributed by atoms with E-state index in [0.717, 1.165) is 56.2 Å². The molecule has 0 radical (unpaired) electrons. The third-order valence-corrected chi connectivity index (χ3v) is 8.05. The van der Waals surface area contributed by atoms with Crippen LogP contribution in [0.4, 0.5) is 0 Å². The van der Waals surface area contributed by atoms with E-state index in [4.69, 9.17) is 23.9 Å². The van der Waals surface area contributed by atoms with E-state index < -0.39 is 0 Å². The van der Waals surface area contributed by atoms with Gasteiger partial charge in [0.15, 0.2) is 11.5 Å². The normalized spacial score (nSPS) is 13.0. The number of nitrogens with one attached hydrogen (secondary N) is 2. The van der Waals surface area contributed by atoms with Crippen LogP contribution in [0.3, 0.4) is 0 Å². The minimum Gasteiger partial charge on any atom is -0.487 e. The molecule has 0 aliphatic carbocycles. The largest absolute Gasteiger partial charge is 3.00 e. The zero-order valence-electron chi connectivity index (χ0n) is 32.3. The predicted octanol–water partition coefficient (Wildman–Crippen LogP) is 10.4. The number of benzene rings is 3. The fourth-order valence-electron chi connectivity index (χ4n) is 5.22. The predicted molar refractivity (Wildman–Crippen MR) is 205 cm³/mol. The second kappa shape index (κ2) is 24.7. The van der Waals surface area contributed by atoms with Crippen LogP contribution in [0, 0.1) is 27.2 Å². The van der Waals surface area contributed by atoms with E-state index in [1.54, 1.807) is 0 Å². The van der Waals surface area contributed by atoms with E-state index in [2.05, 4.69) is 90.3 Å². The van der Waals surface area contributed by atoms with E-state index in [0.29, 0.717) is 63.0 Å². The van der Waals surface area contributed by atoms with Crippen molar-refractivity contribution in [1.29, 1.82) is 0 Å². The second-order valence-corrected chi connectivity index (χ2v) is 11.2. The van der Waals surface area contributed by atoms with Gasteiger partial charge in [0.25, 0.3) is 0 Å². The van der Waals surface area contributed by atoms with Crippen LogP contribution in [-0.4, -0.2) is 59.6 Å². The van der Waals surface area contributed by atoms with Crippen LogP contribution in [0.2, 0.25) is 0 Å². The summed E-state index contributed by atoms with van der Waals surface area (Å²) in [7, 11) is 0. The molecule has 51 heavy (non-hydrogen) atoms. The van der Waals surface area contributed by atoms with Crippen molar-refractivity contribution in [2.45, 2.75) is 61.3 Å². The van der Waals surface area contributed by atoms with Crippen molar-refractivity contribution in [2.24, 2.45) is 5.92 Å². The summed E-state index contributed by atoms with van der Waals surface area (Å²) in [6.45, 7) is 19.4. The number of H-pyrrole nitrogens is 2. The monoisotopic (exact) mass is 942 g/mol. The van der Waals surface area contributed by atoms with Crippen LogP contribution < -0.4 is 9.47 Å². The van der Waals surface area contributed by atoms with E-state index in [1.807, 2.05) is 47.2 Å².